The van der Waals surface area contributed by atoms with Gasteiger partial charge in [0.2, 0.25) is 0 Å². The summed E-state index contributed by atoms with van der Waals surface area (Å²) >= 11 is 0. The van der Waals surface area contributed by atoms with E-state index in [0.717, 1.165) is 32.4 Å². The van der Waals surface area contributed by atoms with E-state index >= 15 is 0 Å². The molecule has 0 saturated heterocycles. The zero-order valence-corrected chi connectivity index (χ0v) is 13.8. The standard InChI is InChI=1S/C19H25N3O/c1-21-17-10-6-5-9-15(17)16-13-22(12-11-18(16)21)19(23)20-14-7-3-2-4-8-14/h5-6,9-10,14H,2-4,7-8,11-13H2,1H3,(H,20,23). The first-order chi connectivity index (χ1) is 11.2. The molecule has 1 aliphatic carbocycles. The van der Waals surface area contributed by atoms with Crippen molar-refractivity contribution in [3.63, 3.8) is 0 Å². The fraction of sp³-hybridized carbons (Fsp3) is 0.526. The molecule has 4 heteroatoms. The lowest BCUT2D eigenvalue weighted by Crippen LogP contribution is -2.47. The quantitative estimate of drug-likeness (QED) is 0.859. The van der Waals surface area contributed by atoms with E-state index in [1.807, 2.05) is 4.90 Å². The van der Waals surface area contributed by atoms with E-state index in [-0.39, 0.29) is 6.03 Å². The van der Waals surface area contributed by atoms with E-state index < -0.39 is 0 Å². The number of hydrogen-bond acceptors (Lipinski definition) is 1. The first kappa shape index (κ1) is 14.6. The second-order valence-electron chi connectivity index (χ2n) is 6.96. The molecule has 1 aromatic heterocycles. The van der Waals surface area contributed by atoms with E-state index in [9.17, 15) is 4.79 Å². The Morgan fingerprint density at radius 1 is 1.17 bits per heavy atom. The number of nitrogens with one attached hydrogen (secondary N) is 1. The van der Waals surface area contributed by atoms with Crippen molar-refractivity contribution >= 4 is 16.9 Å². The van der Waals surface area contributed by atoms with Gasteiger partial charge in [-0.3, -0.25) is 0 Å². The number of hydrogen-bond donors (Lipinski definition) is 1. The van der Waals surface area contributed by atoms with Crippen molar-refractivity contribution in [2.24, 2.45) is 7.05 Å². The summed E-state index contributed by atoms with van der Waals surface area (Å²) in [7, 11) is 2.14. The van der Waals surface area contributed by atoms with Gasteiger partial charge in [-0.15, -0.1) is 0 Å². The van der Waals surface area contributed by atoms with Crippen LogP contribution in [0.3, 0.4) is 0 Å². The van der Waals surface area contributed by atoms with Gasteiger partial charge in [-0.2, -0.15) is 0 Å². The third kappa shape index (κ3) is 2.60. The Bertz CT molecular complexity index is 728. The number of amides is 2. The maximum atomic E-state index is 12.6. The van der Waals surface area contributed by atoms with Crippen LogP contribution in [0.4, 0.5) is 4.79 Å². The second-order valence-corrected chi connectivity index (χ2v) is 6.96. The summed E-state index contributed by atoms with van der Waals surface area (Å²) < 4.78 is 2.29. The Balaban J connectivity index is 1.54. The maximum Gasteiger partial charge on any atom is 0.317 e. The SMILES string of the molecule is Cn1c2c(c3ccccc31)CN(C(=O)NC1CCCCC1)CC2. The van der Waals surface area contributed by atoms with Crippen LogP contribution in [0.15, 0.2) is 24.3 Å². The monoisotopic (exact) mass is 311 g/mol. The average Bonchev–Trinajstić information content (AvgIpc) is 2.89. The molecular formula is C19H25N3O. The summed E-state index contributed by atoms with van der Waals surface area (Å²) in [4.78, 5) is 14.6. The van der Waals surface area contributed by atoms with Crippen molar-refractivity contribution in [1.82, 2.24) is 14.8 Å². The molecule has 1 aromatic carbocycles. The number of aromatic nitrogens is 1. The van der Waals surface area contributed by atoms with Gasteiger partial charge in [0.15, 0.2) is 0 Å². The summed E-state index contributed by atoms with van der Waals surface area (Å²) in [5.74, 6) is 0. The van der Waals surface area contributed by atoms with E-state index in [1.165, 1.54) is 41.4 Å². The number of rotatable bonds is 1. The highest BCUT2D eigenvalue weighted by Gasteiger charge is 2.27. The van der Waals surface area contributed by atoms with E-state index in [2.05, 4.69) is 41.2 Å². The third-order valence-corrected chi connectivity index (χ3v) is 5.53. The lowest BCUT2D eigenvalue weighted by Gasteiger charge is -2.31. The zero-order valence-electron chi connectivity index (χ0n) is 13.8. The normalized spacial score (nSPS) is 18.9. The zero-order chi connectivity index (χ0) is 15.8. The Labute approximate surface area is 137 Å². The number of carbonyl (C=O) groups is 1. The fourth-order valence-electron chi connectivity index (χ4n) is 4.22. The van der Waals surface area contributed by atoms with Gasteiger partial charge < -0.3 is 14.8 Å². The van der Waals surface area contributed by atoms with Crippen LogP contribution in [-0.4, -0.2) is 28.1 Å². The van der Waals surface area contributed by atoms with Gasteiger partial charge >= 0.3 is 6.03 Å². The highest BCUT2D eigenvalue weighted by atomic mass is 16.2. The summed E-state index contributed by atoms with van der Waals surface area (Å²) in [5, 5.41) is 4.55. The molecule has 23 heavy (non-hydrogen) atoms. The van der Waals surface area contributed by atoms with Gasteiger partial charge in [0.1, 0.15) is 0 Å². The molecule has 1 aliphatic heterocycles. The summed E-state index contributed by atoms with van der Waals surface area (Å²) in [6.45, 7) is 1.55. The molecule has 0 radical (unpaired) electrons. The summed E-state index contributed by atoms with van der Waals surface area (Å²) in [5.41, 5.74) is 3.98. The maximum absolute atomic E-state index is 12.6. The molecule has 0 bridgehead atoms. The van der Waals surface area contributed by atoms with Crippen molar-refractivity contribution in [3.8, 4) is 0 Å². The molecule has 4 nitrogen and oxygen atoms in total. The number of benzene rings is 1. The molecule has 0 atom stereocenters. The van der Waals surface area contributed by atoms with Gasteiger partial charge in [-0.25, -0.2) is 4.79 Å². The van der Waals surface area contributed by atoms with Crippen molar-refractivity contribution < 1.29 is 4.79 Å². The first-order valence-electron chi connectivity index (χ1n) is 8.84. The minimum absolute atomic E-state index is 0.121. The number of urea groups is 1. The Kier molecular flexibility index (Phi) is 3.76. The number of carbonyl (C=O) groups excluding carboxylic acids is 1. The number of nitrogens with zero attached hydrogens (tertiary/aromatic N) is 2. The van der Waals surface area contributed by atoms with Crippen LogP contribution in [0.2, 0.25) is 0 Å². The lowest BCUT2D eigenvalue weighted by molar-refractivity contribution is 0.184. The topological polar surface area (TPSA) is 37.3 Å². The molecular weight excluding hydrogens is 286 g/mol. The Hall–Kier alpha value is -1.97. The molecule has 2 heterocycles. The highest BCUT2D eigenvalue weighted by molar-refractivity contribution is 5.86. The smallest absolute Gasteiger partial charge is 0.317 e. The van der Waals surface area contributed by atoms with Crippen LogP contribution >= 0.6 is 0 Å². The van der Waals surface area contributed by atoms with Crippen molar-refractivity contribution in [1.29, 1.82) is 0 Å². The molecule has 0 spiro atoms. The molecule has 1 N–H and O–H groups in total. The second kappa shape index (κ2) is 5.91. The summed E-state index contributed by atoms with van der Waals surface area (Å²) in [6.07, 6.45) is 7.03. The first-order valence-corrected chi connectivity index (χ1v) is 8.84. The minimum Gasteiger partial charge on any atom is -0.347 e. The van der Waals surface area contributed by atoms with Gasteiger partial charge in [0, 0.05) is 54.8 Å². The predicted octanol–water partition coefficient (Wildman–Crippen LogP) is 3.58. The molecule has 1 fully saturated rings. The van der Waals surface area contributed by atoms with Crippen molar-refractivity contribution in [2.45, 2.75) is 51.1 Å². The number of fused-ring (bicyclic) bond motifs is 3. The van der Waals surface area contributed by atoms with Crippen molar-refractivity contribution in [2.75, 3.05) is 6.54 Å². The molecule has 122 valence electrons. The van der Waals surface area contributed by atoms with Crippen LogP contribution in [0.5, 0.6) is 0 Å². The Morgan fingerprint density at radius 3 is 2.78 bits per heavy atom. The minimum atomic E-state index is 0.121. The summed E-state index contributed by atoms with van der Waals surface area (Å²) in [6, 6.07) is 9.02. The number of aryl methyl sites for hydroxylation is 1. The number of para-hydroxylation sites is 1. The molecule has 1 saturated carbocycles. The van der Waals surface area contributed by atoms with Crippen molar-refractivity contribution in [3.05, 3.63) is 35.5 Å². The Morgan fingerprint density at radius 2 is 1.96 bits per heavy atom. The average molecular weight is 311 g/mol. The third-order valence-electron chi connectivity index (χ3n) is 5.53. The van der Waals surface area contributed by atoms with Gasteiger partial charge in [0.05, 0.1) is 0 Å². The van der Waals surface area contributed by atoms with Crippen LogP contribution < -0.4 is 5.32 Å². The van der Waals surface area contributed by atoms with Crippen LogP contribution in [-0.2, 0) is 20.0 Å². The molecule has 0 unspecified atom stereocenters. The van der Waals surface area contributed by atoms with E-state index in [4.69, 9.17) is 0 Å². The van der Waals surface area contributed by atoms with Gasteiger partial charge in [0.25, 0.3) is 0 Å². The lowest BCUT2D eigenvalue weighted by atomic mass is 9.95. The van der Waals surface area contributed by atoms with Crippen LogP contribution in [0, 0.1) is 0 Å². The van der Waals surface area contributed by atoms with Gasteiger partial charge in [-0.1, -0.05) is 37.5 Å². The molecule has 2 aliphatic rings. The molecule has 2 amide bonds. The van der Waals surface area contributed by atoms with Gasteiger partial charge in [-0.05, 0) is 18.9 Å². The van der Waals surface area contributed by atoms with Crippen LogP contribution in [0.25, 0.3) is 10.9 Å². The van der Waals surface area contributed by atoms with E-state index in [0.29, 0.717) is 6.04 Å². The molecule has 4 rings (SSSR count). The fourth-order valence-corrected chi connectivity index (χ4v) is 4.22. The highest BCUT2D eigenvalue weighted by Crippen LogP contribution is 2.30. The van der Waals surface area contributed by atoms with E-state index in [1.54, 1.807) is 0 Å². The molecule has 2 aromatic rings. The largest absolute Gasteiger partial charge is 0.347 e. The van der Waals surface area contributed by atoms with Crippen LogP contribution in [0.1, 0.15) is 43.4 Å². The predicted molar refractivity (Wildman–Crippen MR) is 92.4 cm³/mol.